The van der Waals surface area contributed by atoms with Crippen molar-refractivity contribution in [1.29, 1.82) is 0 Å². The summed E-state index contributed by atoms with van der Waals surface area (Å²) < 4.78 is 10.2. The lowest BCUT2D eigenvalue weighted by molar-refractivity contribution is 0.0475. The lowest BCUT2D eigenvalue weighted by Crippen LogP contribution is -2.17. The molecule has 0 saturated heterocycles. The van der Waals surface area contributed by atoms with Gasteiger partial charge in [0.15, 0.2) is 0 Å². The number of rotatable bonds is 6. The van der Waals surface area contributed by atoms with E-state index in [1.54, 1.807) is 26.0 Å². The van der Waals surface area contributed by atoms with E-state index in [1.807, 2.05) is 19.1 Å². The number of fused-ring (bicyclic) bond motifs is 1. The Labute approximate surface area is 141 Å². The lowest BCUT2D eigenvalue weighted by Gasteiger charge is -2.18. The minimum absolute atomic E-state index is 0.105. The second kappa shape index (κ2) is 7.81. The van der Waals surface area contributed by atoms with E-state index < -0.39 is 11.9 Å². The maximum absolute atomic E-state index is 12.5. The van der Waals surface area contributed by atoms with Gasteiger partial charge in [0.2, 0.25) is 0 Å². The van der Waals surface area contributed by atoms with E-state index >= 15 is 0 Å². The smallest absolute Gasteiger partial charge is 0.342 e. The van der Waals surface area contributed by atoms with Gasteiger partial charge >= 0.3 is 11.9 Å². The molecule has 0 amide bonds. The van der Waals surface area contributed by atoms with Crippen molar-refractivity contribution in [2.75, 3.05) is 13.2 Å². The molecule has 0 radical (unpaired) electrons. The first kappa shape index (κ1) is 17.8. The van der Waals surface area contributed by atoms with E-state index in [4.69, 9.17) is 9.47 Å². The lowest BCUT2D eigenvalue weighted by atomic mass is 9.90. The van der Waals surface area contributed by atoms with Crippen molar-refractivity contribution in [2.45, 2.75) is 33.6 Å². The van der Waals surface area contributed by atoms with Gasteiger partial charge in [-0.3, -0.25) is 0 Å². The molecule has 0 atom stereocenters. The summed E-state index contributed by atoms with van der Waals surface area (Å²) in [6, 6.07) is 7.16. The van der Waals surface area contributed by atoms with Crippen LogP contribution in [0, 0.1) is 0 Å². The third-order valence-corrected chi connectivity index (χ3v) is 3.75. The van der Waals surface area contributed by atoms with Crippen LogP contribution in [0.15, 0.2) is 24.3 Å². The van der Waals surface area contributed by atoms with Gasteiger partial charge in [-0.2, -0.15) is 0 Å². The van der Waals surface area contributed by atoms with E-state index in [-0.39, 0.29) is 30.1 Å². The monoisotopic (exact) mass is 330 g/mol. The quantitative estimate of drug-likeness (QED) is 0.814. The topological polar surface area (TPSA) is 72.8 Å². The van der Waals surface area contributed by atoms with Gasteiger partial charge in [0, 0.05) is 5.39 Å². The molecule has 0 spiro atoms. The highest BCUT2D eigenvalue weighted by Gasteiger charge is 2.29. The number of esters is 2. The van der Waals surface area contributed by atoms with Crippen molar-refractivity contribution in [3.8, 4) is 5.75 Å². The first-order chi connectivity index (χ1) is 11.6. The maximum Gasteiger partial charge on any atom is 0.342 e. The zero-order valence-corrected chi connectivity index (χ0v) is 14.2. The Hall–Kier alpha value is -2.56. The fraction of sp³-hybridized carbons (Fsp3) is 0.368. The fourth-order valence-corrected chi connectivity index (χ4v) is 2.83. The molecule has 2 rings (SSSR count). The molecule has 0 aliphatic rings. The number of aromatic hydroxyl groups is 1. The molecular formula is C19H22O5. The Morgan fingerprint density at radius 1 is 0.917 bits per heavy atom. The molecule has 5 nitrogen and oxygen atoms in total. The van der Waals surface area contributed by atoms with Crippen LogP contribution in [-0.2, 0) is 15.9 Å². The van der Waals surface area contributed by atoms with Crippen LogP contribution in [0.5, 0.6) is 5.75 Å². The number of hydrogen-bond donors (Lipinski definition) is 1. The highest BCUT2D eigenvalue weighted by atomic mass is 16.5. The molecular weight excluding hydrogens is 308 g/mol. The van der Waals surface area contributed by atoms with E-state index in [0.717, 1.165) is 11.8 Å². The van der Waals surface area contributed by atoms with Crippen molar-refractivity contribution >= 4 is 22.7 Å². The van der Waals surface area contributed by atoms with Crippen molar-refractivity contribution in [2.24, 2.45) is 0 Å². The highest BCUT2D eigenvalue weighted by Crippen LogP contribution is 2.37. The summed E-state index contributed by atoms with van der Waals surface area (Å²) in [6.07, 6.45) is 1.37. The molecule has 1 N–H and O–H groups in total. The van der Waals surface area contributed by atoms with Crippen molar-refractivity contribution in [1.82, 2.24) is 0 Å². The molecule has 2 aromatic carbocycles. The number of ether oxygens (including phenoxy) is 2. The number of aryl methyl sites for hydroxylation is 1. The van der Waals surface area contributed by atoms with Crippen LogP contribution in [0.25, 0.3) is 10.8 Å². The Kier molecular flexibility index (Phi) is 5.79. The number of carbonyl (C=O) groups is 2. The molecule has 128 valence electrons. The van der Waals surface area contributed by atoms with Crippen molar-refractivity contribution in [3.63, 3.8) is 0 Å². The van der Waals surface area contributed by atoms with Gasteiger partial charge in [0.25, 0.3) is 0 Å². The van der Waals surface area contributed by atoms with Crippen LogP contribution in [0.1, 0.15) is 53.5 Å². The molecule has 0 bridgehead atoms. The average Bonchev–Trinajstić information content (AvgIpc) is 2.57. The summed E-state index contributed by atoms with van der Waals surface area (Å²) in [5.74, 6) is -1.59. The van der Waals surface area contributed by atoms with Gasteiger partial charge in [0.1, 0.15) is 11.3 Å². The van der Waals surface area contributed by atoms with Crippen LogP contribution in [-0.4, -0.2) is 30.3 Å². The number of phenols is 1. The van der Waals surface area contributed by atoms with Gasteiger partial charge < -0.3 is 14.6 Å². The number of benzene rings is 2. The summed E-state index contributed by atoms with van der Waals surface area (Å²) in [4.78, 5) is 24.9. The Balaban J connectivity index is 2.88. The van der Waals surface area contributed by atoms with E-state index in [9.17, 15) is 14.7 Å². The summed E-state index contributed by atoms with van der Waals surface area (Å²) in [7, 11) is 0. The van der Waals surface area contributed by atoms with Gasteiger partial charge in [-0.1, -0.05) is 37.6 Å². The molecule has 0 aliphatic carbocycles. The van der Waals surface area contributed by atoms with E-state index in [2.05, 4.69) is 0 Å². The van der Waals surface area contributed by atoms with Crippen molar-refractivity contribution in [3.05, 3.63) is 41.0 Å². The predicted molar refractivity (Wildman–Crippen MR) is 91.5 cm³/mol. The van der Waals surface area contributed by atoms with E-state index in [0.29, 0.717) is 17.4 Å². The zero-order chi connectivity index (χ0) is 17.7. The van der Waals surface area contributed by atoms with Gasteiger partial charge in [-0.05, 0) is 31.2 Å². The van der Waals surface area contributed by atoms with Crippen LogP contribution < -0.4 is 0 Å². The molecule has 0 heterocycles. The largest absolute Gasteiger partial charge is 0.506 e. The molecule has 0 aromatic heterocycles. The number of hydrogen-bond acceptors (Lipinski definition) is 5. The molecule has 5 heteroatoms. The number of phenolic OH excluding ortho intramolecular Hbond substituents is 1. The van der Waals surface area contributed by atoms with Crippen LogP contribution >= 0.6 is 0 Å². The highest BCUT2D eigenvalue weighted by molar-refractivity contribution is 6.12. The average molecular weight is 330 g/mol. The van der Waals surface area contributed by atoms with Crippen LogP contribution in [0.4, 0.5) is 0 Å². The second-order valence-corrected chi connectivity index (χ2v) is 5.31. The van der Waals surface area contributed by atoms with Gasteiger partial charge in [-0.15, -0.1) is 0 Å². The third kappa shape index (κ3) is 3.20. The normalized spacial score (nSPS) is 10.6. The first-order valence-electron chi connectivity index (χ1n) is 8.17. The van der Waals surface area contributed by atoms with Crippen LogP contribution in [0.2, 0.25) is 0 Å². The summed E-state index contributed by atoms with van der Waals surface area (Å²) in [5, 5.41) is 11.9. The third-order valence-electron chi connectivity index (χ3n) is 3.75. The summed E-state index contributed by atoms with van der Waals surface area (Å²) >= 11 is 0. The minimum Gasteiger partial charge on any atom is -0.506 e. The van der Waals surface area contributed by atoms with Gasteiger partial charge in [-0.25, -0.2) is 9.59 Å². The fourth-order valence-electron chi connectivity index (χ4n) is 2.83. The zero-order valence-electron chi connectivity index (χ0n) is 14.2. The molecule has 0 fully saturated rings. The molecule has 24 heavy (non-hydrogen) atoms. The van der Waals surface area contributed by atoms with E-state index in [1.165, 1.54) is 0 Å². The molecule has 0 saturated carbocycles. The second-order valence-electron chi connectivity index (χ2n) is 5.31. The summed E-state index contributed by atoms with van der Waals surface area (Å²) in [5.41, 5.74) is 0.693. The van der Waals surface area contributed by atoms with Crippen molar-refractivity contribution < 1.29 is 24.2 Å². The maximum atomic E-state index is 12.5. The Morgan fingerprint density at radius 3 is 2.00 bits per heavy atom. The van der Waals surface area contributed by atoms with Gasteiger partial charge in [0.05, 0.1) is 18.8 Å². The molecule has 2 aromatic rings. The standard InChI is InChI=1S/C19H22O5/c1-4-9-13-12-10-7-8-11-14(12)17(20)16(19(22)24-6-3)15(13)18(21)23-5-2/h7-8,10-11,20H,4-6,9H2,1-3H3. The Bertz CT molecular complexity index is 764. The molecule has 0 unspecified atom stereocenters. The SMILES string of the molecule is CCCc1c(C(=O)OCC)c(C(=O)OCC)c(O)c2ccccc12. The predicted octanol–water partition coefficient (Wildman–Crippen LogP) is 3.85. The first-order valence-corrected chi connectivity index (χ1v) is 8.17. The summed E-state index contributed by atoms with van der Waals surface area (Å²) in [6.45, 7) is 5.69. The number of carbonyl (C=O) groups excluding carboxylic acids is 2. The van der Waals surface area contributed by atoms with Crippen LogP contribution in [0.3, 0.4) is 0 Å². The minimum atomic E-state index is -0.721. The Morgan fingerprint density at radius 2 is 1.46 bits per heavy atom. The molecule has 0 aliphatic heterocycles.